The Morgan fingerprint density at radius 2 is 2.50 bits per heavy atom. The van der Waals surface area contributed by atoms with Crippen molar-refractivity contribution in [1.29, 1.82) is 0 Å². The van der Waals surface area contributed by atoms with Crippen molar-refractivity contribution < 1.29 is 4.42 Å². The van der Waals surface area contributed by atoms with Crippen molar-refractivity contribution >= 4 is 0 Å². The van der Waals surface area contributed by atoms with Gasteiger partial charge in [0.05, 0.1) is 6.26 Å². The molecule has 2 aromatic rings. The van der Waals surface area contributed by atoms with Gasteiger partial charge in [-0.2, -0.15) is 5.21 Å². The standard InChI is InChI=1S/C6H7N5O/c7-5(4-2-1-3-12-4)6-8-10-11-9-6/h1-3,5H,7H2,(H,8,9,10,11). The van der Waals surface area contributed by atoms with Crippen molar-refractivity contribution in [3.05, 3.63) is 30.0 Å². The van der Waals surface area contributed by atoms with E-state index in [0.29, 0.717) is 11.6 Å². The first-order valence-corrected chi connectivity index (χ1v) is 3.40. The van der Waals surface area contributed by atoms with Crippen LogP contribution in [-0.4, -0.2) is 20.6 Å². The SMILES string of the molecule is NC(c1nn[nH]n1)c1ccco1. The zero-order valence-corrected chi connectivity index (χ0v) is 6.14. The van der Waals surface area contributed by atoms with Crippen LogP contribution in [0.25, 0.3) is 0 Å². The van der Waals surface area contributed by atoms with Gasteiger partial charge in [0, 0.05) is 0 Å². The molecule has 0 aliphatic rings. The van der Waals surface area contributed by atoms with Gasteiger partial charge in [-0.3, -0.25) is 0 Å². The highest BCUT2D eigenvalue weighted by Crippen LogP contribution is 2.14. The minimum absolute atomic E-state index is 0.421. The lowest BCUT2D eigenvalue weighted by Gasteiger charge is -2.00. The lowest BCUT2D eigenvalue weighted by atomic mass is 10.2. The summed E-state index contributed by atoms with van der Waals surface area (Å²) in [7, 11) is 0. The van der Waals surface area contributed by atoms with Gasteiger partial charge in [-0.25, -0.2) is 0 Å². The third kappa shape index (κ3) is 1.08. The molecule has 0 aromatic carbocycles. The van der Waals surface area contributed by atoms with Gasteiger partial charge in [0.25, 0.3) is 0 Å². The Labute approximate surface area is 67.8 Å². The summed E-state index contributed by atoms with van der Waals surface area (Å²) in [6.45, 7) is 0. The maximum absolute atomic E-state index is 5.73. The van der Waals surface area contributed by atoms with Crippen LogP contribution < -0.4 is 5.73 Å². The highest BCUT2D eigenvalue weighted by atomic mass is 16.3. The third-order valence-electron chi connectivity index (χ3n) is 1.49. The van der Waals surface area contributed by atoms with E-state index in [0.717, 1.165) is 0 Å². The molecule has 0 amide bonds. The van der Waals surface area contributed by atoms with E-state index in [2.05, 4.69) is 20.6 Å². The minimum atomic E-state index is -0.446. The Bertz CT molecular complexity index is 292. The monoisotopic (exact) mass is 165 g/mol. The Morgan fingerprint density at radius 1 is 1.58 bits per heavy atom. The summed E-state index contributed by atoms with van der Waals surface area (Å²) >= 11 is 0. The number of aromatic amines is 1. The van der Waals surface area contributed by atoms with Crippen molar-refractivity contribution in [3.63, 3.8) is 0 Å². The molecule has 1 atom stereocenters. The van der Waals surface area contributed by atoms with Gasteiger partial charge in [0.2, 0.25) is 0 Å². The van der Waals surface area contributed by atoms with Crippen LogP contribution in [0.2, 0.25) is 0 Å². The molecule has 0 aliphatic heterocycles. The van der Waals surface area contributed by atoms with E-state index < -0.39 is 6.04 Å². The molecule has 0 saturated heterocycles. The summed E-state index contributed by atoms with van der Waals surface area (Å²) in [4.78, 5) is 0. The predicted octanol–water partition coefficient (Wildman–Crippen LogP) is -0.159. The van der Waals surface area contributed by atoms with E-state index >= 15 is 0 Å². The van der Waals surface area contributed by atoms with Gasteiger partial charge < -0.3 is 10.2 Å². The molecule has 1 unspecified atom stereocenters. The molecule has 0 fully saturated rings. The molecular formula is C6H7N5O. The molecule has 0 saturated carbocycles. The first kappa shape index (κ1) is 6.99. The van der Waals surface area contributed by atoms with Crippen LogP contribution in [0.1, 0.15) is 17.6 Å². The number of hydrogen-bond donors (Lipinski definition) is 2. The van der Waals surface area contributed by atoms with Crippen LogP contribution in [0.15, 0.2) is 22.8 Å². The molecule has 6 heteroatoms. The molecule has 0 bridgehead atoms. The summed E-state index contributed by atoms with van der Waals surface area (Å²) in [5, 5.41) is 13.2. The number of nitrogens with one attached hydrogen (secondary N) is 1. The van der Waals surface area contributed by atoms with Crippen LogP contribution in [0.4, 0.5) is 0 Å². The van der Waals surface area contributed by atoms with Crippen LogP contribution in [0.3, 0.4) is 0 Å². The van der Waals surface area contributed by atoms with E-state index in [1.54, 1.807) is 18.4 Å². The lowest BCUT2D eigenvalue weighted by Crippen LogP contribution is -2.12. The van der Waals surface area contributed by atoms with Crippen LogP contribution >= 0.6 is 0 Å². The number of nitrogens with zero attached hydrogens (tertiary/aromatic N) is 3. The number of aromatic nitrogens is 4. The summed E-state index contributed by atoms with van der Waals surface area (Å²) in [6.07, 6.45) is 1.55. The van der Waals surface area contributed by atoms with E-state index in [1.165, 1.54) is 0 Å². The first-order valence-electron chi connectivity index (χ1n) is 3.40. The molecule has 2 rings (SSSR count). The summed E-state index contributed by atoms with van der Waals surface area (Å²) in [5.41, 5.74) is 5.73. The smallest absolute Gasteiger partial charge is 0.198 e. The number of rotatable bonds is 2. The second-order valence-electron chi connectivity index (χ2n) is 2.26. The highest BCUT2D eigenvalue weighted by Gasteiger charge is 2.15. The maximum atomic E-state index is 5.73. The fourth-order valence-corrected chi connectivity index (χ4v) is 0.897. The zero-order valence-electron chi connectivity index (χ0n) is 6.14. The second-order valence-corrected chi connectivity index (χ2v) is 2.26. The Hall–Kier alpha value is -1.69. The van der Waals surface area contributed by atoms with Crippen molar-refractivity contribution in [2.75, 3.05) is 0 Å². The average molecular weight is 165 g/mol. The lowest BCUT2D eigenvalue weighted by molar-refractivity contribution is 0.482. The molecule has 6 nitrogen and oxygen atoms in total. The molecule has 0 aliphatic carbocycles. The van der Waals surface area contributed by atoms with Gasteiger partial charge in [-0.1, -0.05) is 5.21 Å². The number of H-pyrrole nitrogens is 1. The van der Waals surface area contributed by atoms with Gasteiger partial charge in [0.1, 0.15) is 11.8 Å². The van der Waals surface area contributed by atoms with Gasteiger partial charge in [-0.15, -0.1) is 10.2 Å². The molecule has 12 heavy (non-hydrogen) atoms. The van der Waals surface area contributed by atoms with Crippen LogP contribution in [-0.2, 0) is 0 Å². The molecule has 0 radical (unpaired) electrons. The Kier molecular flexibility index (Phi) is 1.60. The van der Waals surface area contributed by atoms with Crippen molar-refractivity contribution in [2.45, 2.75) is 6.04 Å². The fraction of sp³-hybridized carbons (Fsp3) is 0.167. The third-order valence-corrected chi connectivity index (χ3v) is 1.49. The predicted molar refractivity (Wildman–Crippen MR) is 38.9 cm³/mol. The topological polar surface area (TPSA) is 93.6 Å². The minimum Gasteiger partial charge on any atom is -0.467 e. The second kappa shape index (κ2) is 2.74. The summed E-state index contributed by atoms with van der Waals surface area (Å²) in [6, 6.07) is 3.08. The molecule has 2 aromatic heterocycles. The molecule has 2 heterocycles. The molecular weight excluding hydrogens is 158 g/mol. The molecule has 0 spiro atoms. The average Bonchev–Trinajstić information content (AvgIpc) is 2.77. The fourth-order valence-electron chi connectivity index (χ4n) is 0.897. The Morgan fingerprint density at radius 3 is 3.08 bits per heavy atom. The van der Waals surface area contributed by atoms with Crippen LogP contribution in [0.5, 0.6) is 0 Å². The number of hydrogen-bond acceptors (Lipinski definition) is 5. The van der Waals surface area contributed by atoms with Crippen molar-refractivity contribution in [3.8, 4) is 0 Å². The van der Waals surface area contributed by atoms with Gasteiger partial charge in [0.15, 0.2) is 5.82 Å². The highest BCUT2D eigenvalue weighted by molar-refractivity contribution is 5.11. The molecule has 62 valence electrons. The van der Waals surface area contributed by atoms with E-state index in [1.807, 2.05) is 0 Å². The zero-order chi connectivity index (χ0) is 8.39. The Balaban J connectivity index is 2.27. The first-order chi connectivity index (χ1) is 5.88. The van der Waals surface area contributed by atoms with E-state index in [-0.39, 0.29) is 0 Å². The van der Waals surface area contributed by atoms with Gasteiger partial charge in [-0.05, 0) is 12.1 Å². The van der Waals surface area contributed by atoms with Gasteiger partial charge >= 0.3 is 0 Å². The largest absolute Gasteiger partial charge is 0.467 e. The van der Waals surface area contributed by atoms with Crippen molar-refractivity contribution in [1.82, 2.24) is 20.6 Å². The summed E-state index contributed by atoms with van der Waals surface area (Å²) in [5.74, 6) is 1.04. The van der Waals surface area contributed by atoms with E-state index in [4.69, 9.17) is 10.2 Å². The van der Waals surface area contributed by atoms with Crippen molar-refractivity contribution in [2.24, 2.45) is 5.73 Å². The van der Waals surface area contributed by atoms with Crippen LogP contribution in [0, 0.1) is 0 Å². The van der Waals surface area contributed by atoms with E-state index in [9.17, 15) is 0 Å². The number of tetrazole rings is 1. The quantitative estimate of drug-likeness (QED) is 0.644. The summed E-state index contributed by atoms with van der Waals surface area (Å²) < 4.78 is 5.07. The normalized spacial score (nSPS) is 13.1. The number of nitrogens with two attached hydrogens (primary N) is 1. The molecule has 3 N–H and O–H groups in total. The number of furan rings is 1. The maximum Gasteiger partial charge on any atom is 0.198 e.